The number of carbonyl (C=O) groups excluding carboxylic acids is 2. The van der Waals surface area contributed by atoms with Crippen molar-refractivity contribution < 1.29 is 9.59 Å². The molecule has 0 radical (unpaired) electrons. The fraction of sp³-hybridized carbons (Fsp3) is 0.227. The van der Waals surface area contributed by atoms with Crippen LogP contribution in [-0.2, 0) is 11.3 Å². The van der Waals surface area contributed by atoms with Gasteiger partial charge in [0.2, 0.25) is 5.91 Å². The number of nitrogens with zero attached hydrogens (tertiary/aromatic N) is 3. The molecule has 3 aromatic rings. The molecule has 1 saturated heterocycles. The van der Waals surface area contributed by atoms with Crippen molar-refractivity contribution in [2.24, 2.45) is 5.73 Å². The molecule has 1 aromatic heterocycles. The van der Waals surface area contributed by atoms with Gasteiger partial charge in [-0.15, -0.1) is 11.3 Å². The van der Waals surface area contributed by atoms with Gasteiger partial charge >= 0.3 is 0 Å². The van der Waals surface area contributed by atoms with Crippen LogP contribution in [0.5, 0.6) is 0 Å². The summed E-state index contributed by atoms with van der Waals surface area (Å²) in [5.74, 6) is -0.105. The minimum Gasteiger partial charge on any atom is -0.336 e. The van der Waals surface area contributed by atoms with Gasteiger partial charge in [-0.2, -0.15) is 0 Å². The summed E-state index contributed by atoms with van der Waals surface area (Å²) in [4.78, 5) is 32.7. The van der Waals surface area contributed by atoms with Crippen LogP contribution < -0.4 is 5.73 Å². The first kappa shape index (κ1) is 19.3. The van der Waals surface area contributed by atoms with Crippen LogP contribution in [0, 0.1) is 0 Å². The Morgan fingerprint density at radius 2 is 1.79 bits per heavy atom. The summed E-state index contributed by atoms with van der Waals surface area (Å²) in [5.41, 5.74) is 9.26. The van der Waals surface area contributed by atoms with E-state index >= 15 is 0 Å². The Balaban J connectivity index is 1.53. The number of amides is 2. The average molecular weight is 407 g/mol. The molecule has 0 bridgehead atoms. The lowest BCUT2D eigenvalue weighted by Crippen LogP contribution is -2.50. The number of nitrogens with two attached hydrogens (primary N) is 1. The standard InChI is InChI=1S/C22H22N4O2S/c1-2-21(27)25-8-10-26(11-9-25)22(28)17-5-3-4-15(12-17)16-6-7-19-18(13-16)24-20(14-23)29-19/h2-7,12-13H,1,8-11,14,23H2. The molecule has 148 valence electrons. The molecule has 0 unspecified atom stereocenters. The summed E-state index contributed by atoms with van der Waals surface area (Å²) in [5, 5.41) is 0.912. The summed E-state index contributed by atoms with van der Waals surface area (Å²) in [6, 6.07) is 13.8. The number of carbonyl (C=O) groups is 2. The number of hydrogen-bond acceptors (Lipinski definition) is 5. The van der Waals surface area contributed by atoms with Crippen LogP contribution in [0.1, 0.15) is 15.4 Å². The maximum atomic E-state index is 13.0. The Hall–Kier alpha value is -3.03. The van der Waals surface area contributed by atoms with Gasteiger partial charge in [0.25, 0.3) is 5.91 Å². The number of benzene rings is 2. The zero-order chi connectivity index (χ0) is 20.4. The molecule has 1 aliphatic heterocycles. The van der Waals surface area contributed by atoms with Crippen LogP contribution in [0.2, 0.25) is 0 Å². The lowest BCUT2D eigenvalue weighted by atomic mass is 10.0. The normalized spacial score (nSPS) is 14.2. The number of piperazine rings is 1. The van der Waals surface area contributed by atoms with Gasteiger partial charge in [0.1, 0.15) is 5.01 Å². The third-order valence-electron chi connectivity index (χ3n) is 5.10. The zero-order valence-corrected chi connectivity index (χ0v) is 16.8. The third-order valence-corrected chi connectivity index (χ3v) is 6.16. The molecule has 7 heteroatoms. The fourth-order valence-corrected chi connectivity index (χ4v) is 4.34. The summed E-state index contributed by atoms with van der Waals surface area (Å²) in [7, 11) is 0. The van der Waals surface area contributed by atoms with Crippen molar-refractivity contribution in [2.75, 3.05) is 26.2 Å². The van der Waals surface area contributed by atoms with E-state index in [1.807, 2.05) is 42.5 Å². The van der Waals surface area contributed by atoms with Crippen LogP contribution in [0.4, 0.5) is 0 Å². The fourth-order valence-electron chi connectivity index (χ4n) is 3.52. The van der Waals surface area contributed by atoms with Crippen LogP contribution in [-0.4, -0.2) is 52.8 Å². The lowest BCUT2D eigenvalue weighted by Gasteiger charge is -2.34. The first-order valence-corrected chi connectivity index (χ1v) is 10.3. The van der Waals surface area contributed by atoms with Gasteiger partial charge < -0.3 is 15.5 Å². The van der Waals surface area contributed by atoms with E-state index in [1.54, 1.807) is 21.1 Å². The van der Waals surface area contributed by atoms with Crippen molar-refractivity contribution in [2.45, 2.75) is 6.54 Å². The number of hydrogen-bond donors (Lipinski definition) is 1. The Labute approximate surface area is 173 Å². The minimum atomic E-state index is -0.0886. The van der Waals surface area contributed by atoms with E-state index in [0.717, 1.165) is 26.4 Å². The molecule has 0 saturated carbocycles. The summed E-state index contributed by atoms with van der Waals surface area (Å²) in [6.45, 7) is 6.06. The van der Waals surface area contributed by atoms with Crippen molar-refractivity contribution in [3.8, 4) is 11.1 Å². The van der Waals surface area contributed by atoms with Crippen molar-refractivity contribution in [3.63, 3.8) is 0 Å². The second kappa shape index (κ2) is 8.14. The first-order chi connectivity index (χ1) is 14.1. The molecule has 6 nitrogen and oxygen atoms in total. The van der Waals surface area contributed by atoms with E-state index in [1.165, 1.54) is 6.08 Å². The second-order valence-electron chi connectivity index (χ2n) is 6.90. The summed E-state index contributed by atoms with van der Waals surface area (Å²) in [6.07, 6.45) is 1.32. The minimum absolute atomic E-state index is 0.0160. The van der Waals surface area contributed by atoms with Gasteiger partial charge in [0.15, 0.2) is 0 Å². The van der Waals surface area contributed by atoms with Crippen LogP contribution in [0.15, 0.2) is 55.1 Å². The monoisotopic (exact) mass is 406 g/mol. The highest BCUT2D eigenvalue weighted by atomic mass is 32.1. The molecule has 2 heterocycles. The number of rotatable bonds is 4. The molecule has 1 fully saturated rings. The Morgan fingerprint density at radius 3 is 2.52 bits per heavy atom. The SMILES string of the molecule is C=CC(=O)N1CCN(C(=O)c2cccc(-c3ccc4sc(CN)nc4c3)c2)CC1. The van der Waals surface area contributed by atoms with E-state index in [4.69, 9.17) is 5.73 Å². The zero-order valence-electron chi connectivity index (χ0n) is 16.0. The quantitative estimate of drug-likeness (QED) is 0.676. The maximum Gasteiger partial charge on any atom is 0.253 e. The highest BCUT2D eigenvalue weighted by molar-refractivity contribution is 7.18. The van der Waals surface area contributed by atoms with Gasteiger partial charge in [-0.1, -0.05) is 24.8 Å². The van der Waals surface area contributed by atoms with Crippen molar-refractivity contribution in [3.05, 3.63) is 65.7 Å². The largest absolute Gasteiger partial charge is 0.336 e. The highest BCUT2D eigenvalue weighted by Crippen LogP contribution is 2.28. The topological polar surface area (TPSA) is 79.5 Å². The molecular formula is C22H22N4O2S. The predicted molar refractivity (Wildman–Crippen MR) is 116 cm³/mol. The predicted octanol–water partition coefficient (Wildman–Crippen LogP) is 2.89. The number of fused-ring (bicyclic) bond motifs is 1. The molecule has 0 aliphatic carbocycles. The van der Waals surface area contributed by atoms with Crippen molar-refractivity contribution in [1.82, 2.24) is 14.8 Å². The Morgan fingerprint density at radius 1 is 1.07 bits per heavy atom. The molecule has 2 amide bonds. The van der Waals surface area contributed by atoms with Crippen LogP contribution in [0.3, 0.4) is 0 Å². The van der Waals surface area contributed by atoms with Crippen molar-refractivity contribution in [1.29, 1.82) is 0 Å². The Kier molecular flexibility index (Phi) is 5.42. The molecule has 0 atom stereocenters. The van der Waals surface area contributed by atoms with E-state index in [0.29, 0.717) is 38.3 Å². The molecule has 0 spiro atoms. The van der Waals surface area contributed by atoms with Gasteiger partial charge in [-0.25, -0.2) is 4.98 Å². The van der Waals surface area contributed by atoms with Gasteiger partial charge in [0.05, 0.1) is 10.2 Å². The van der Waals surface area contributed by atoms with Crippen LogP contribution >= 0.6 is 11.3 Å². The number of thiazole rings is 1. The molecule has 1 aliphatic rings. The third kappa shape index (κ3) is 3.92. The molecule has 2 N–H and O–H groups in total. The maximum absolute atomic E-state index is 13.0. The highest BCUT2D eigenvalue weighted by Gasteiger charge is 2.24. The van der Waals surface area contributed by atoms with Gasteiger partial charge in [-0.05, 0) is 41.5 Å². The van der Waals surface area contributed by atoms with E-state index in [9.17, 15) is 9.59 Å². The molecule has 29 heavy (non-hydrogen) atoms. The Bertz CT molecular complexity index is 1080. The van der Waals surface area contributed by atoms with Gasteiger partial charge in [0, 0.05) is 38.3 Å². The molecular weight excluding hydrogens is 384 g/mol. The summed E-state index contributed by atoms with van der Waals surface area (Å²) < 4.78 is 1.10. The lowest BCUT2D eigenvalue weighted by molar-refractivity contribution is -0.127. The molecule has 4 rings (SSSR count). The van der Waals surface area contributed by atoms with E-state index < -0.39 is 0 Å². The van der Waals surface area contributed by atoms with Gasteiger partial charge in [-0.3, -0.25) is 9.59 Å². The van der Waals surface area contributed by atoms with Crippen LogP contribution in [0.25, 0.3) is 21.3 Å². The summed E-state index contributed by atoms with van der Waals surface area (Å²) >= 11 is 1.60. The van der Waals surface area contributed by atoms with Crippen molar-refractivity contribution >= 4 is 33.4 Å². The average Bonchev–Trinajstić information content (AvgIpc) is 3.21. The first-order valence-electron chi connectivity index (χ1n) is 9.49. The number of aromatic nitrogens is 1. The second-order valence-corrected chi connectivity index (χ2v) is 8.01. The smallest absolute Gasteiger partial charge is 0.253 e. The van der Waals surface area contributed by atoms with E-state index in [2.05, 4.69) is 11.6 Å². The molecule has 2 aromatic carbocycles. The van der Waals surface area contributed by atoms with E-state index in [-0.39, 0.29) is 11.8 Å².